The molecule has 3 N–H and O–H groups in total. The number of hydrogen-bond acceptors (Lipinski definition) is 5. The Hall–Kier alpha value is -2.80. The van der Waals surface area contributed by atoms with Crippen LogP contribution in [0.1, 0.15) is 46.0 Å². The highest BCUT2D eigenvalue weighted by Crippen LogP contribution is 2.26. The van der Waals surface area contributed by atoms with Crippen molar-refractivity contribution < 1.29 is 24.3 Å². The van der Waals surface area contributed by atoms with Crippen LogP contribution in [-0.4, -0.2) is 60.7 Å². The average molecular weight is 400 g/mol. The summed E-state index contributed by atoms with van der Waals surface area (Å²) in [4.78, 5) is 31.8. The minimum absolute atomic E-state index is 0.00663. The highest BCUT2D eigenvalue weighted by molar-refractivity contribution is 6.03. The van der Waals surface area contributed by atoms with Crippen LogP contribution in [0, 0.1) is 13.8 Å². The van der Waals surface area contributed by atoms with Crippen LogP contribution in [0.4, 0.5) is 5.69 Å². The smallest absolute Gasteiger partial charge is 0.340 e. The third-order valence-electron chi connectivity index (χ3n) is 5.80. The lowest BCUT2D eigenvalue weighted by Gasteiger charge is -2.36. The van der Waals surface area contributed by atoms with E-state index in [2.05, 4.69) is 9.88 Å². The number of phenols is 1. The monoisotopic (exact) mass is 400 g/mol. The number of carbonyl (C=O) groups excluding carboxylic acids is 2. The molecule has 156 valence electrons. The summed E-state index contributed by atoms with van der Waals surface area (Å²) >= 11 is 0. The molecule has 0 unspecified atom stereocenters. The van der Waals surface area contributed by atoms with Gasteiger partial charge in [-0.15, -0.1) is 0 Å². The quantitative estimate of drug-likeness (QED) is 0.505. The lowest BCUT2D eigenvalue weighted by molar-refractivity contribution is -0.914. The highest BCUT2D eigenvalue weighted by atomic mass is 16.5. The number of Topliss-reactive ketones (excluding diaryl/α,β-unsaturated/α-hetero) is 1. The summed E-state index contributed by atoms with van der Waals surface area (Å²) in [5, 5.41) is 10.1. The van der Waals surface area contributed by atoms with Gasteiger partial charge in [0.2, 0.25) is 5.78 Å². The van der Waals surface area contributed by atoms with Gasteiger partial charge in [-0.2, -0.15) is 0 Å². The van der Waals surface area contributed by atoms with E-state index in [0.29, 0.717) is 29.1 Å². The van der Waals surface area contributed by atoms with Crippen LogP contribution in [0.5, 0.6) is 5.75 Å². The molecule has 0 spiro atoms. The molecular weight excluding hydrogens is 370 g/mol. The van der Waals surface area contributed by atoms with Crippen LogP contribution in [0.25, 0.3) is 0 Å². The Morgan fingerprint density at radius 3 is 2.52 bits per heavy atom. The summed E-state index contributed by atoms with van der Waals surface area (Å²) in [5.74, 6) is -0.106. The van der Waals surface area contributed by atoms with Crippen LogP contribution in [0.15, 0.2) is 24.3 Å². The molecule has 7 heteroatoms. The number of nitrogens with zero attached hydrogens (tertiary/aromatic N) is 1. The number of benzene rings is 1. The molecule has 29 heavy (non-hydrogen) atoms. The normalized spacial score (nSPS) is 15.9. The molecule has 0 amide bonds. The van der Waals surface area contributed by atoms with Gasteiger partial charge in [0.15, 0.2) is 6.04 Å². The molecule has 0 saturated carbocycles. The summed E-state index contributed by atoms with van der Waals surface area (Å²) in [7, 11) is 0. The number of H-pyrrole nitrogens is 1. The Kier molecular flexibility index (Phi) is 6.27. The lowest BCUT2D eigenvalue weighted by Crippen LogP contribution is -3.18. The number of hydrogen-bond donors (Lipinski definition) is 3. The second-order valence-corrected chi connectivity index (χ2v) is 7.57. The maximum atomic E-state index is 13.2. The predicted molar refractivity (Wildman–Crippen MR) is 111 cm³/mol. The van der Waals surface area contributed by atoms with Crippen molar-refractivity contribution in [2.45, 2.75) is 33.7 Å². The van der Waals surface area contributed by atoms with Crippen LogP contribution < -0.4 is 9.80 Å². The second-order valence-electron chi connectivity index (χ2n) is 7.57. The molecule has 0 radical (unpaired) electrons. The van der Waals surface area contributed by atoms with Crippen molar-refractivity contribution >= 4 is 17.4 Å². The van der Waals surface area contributed by atoms with E-state index in [4.69, 9.17) is 4.74 Å². The summed E-state index contributed by atoms with van der Waals surface area (Å²) in [6.45, 7) is 10.7. The Morgan fingerprint density at radius 2 is 1.90 bits per heavy atom. The summed E-state index contributed by atoms with van der Waals surface area (Å²) in [6.07, 6.45) is 0. The molecule has 1 atom stereocenters. The lowest BCUT2D eigenvalue weighted by atomic mass is 10.0. The molecule has 7 nitrogen and oxygen atoms in total. The number of phenolic OH excluding ortho intramolecular Hbond substituents is 1. The van der Waals surface area contributed by atoms with Gasteiger partial charge in [-0.3, -0.25) is 4.79 Å². The molecule has 1 aromatic carbocycles. The molecule has 0 bridgehead atoms. The van der Waals surface area contributed by atoms with Crippen molar-refractivity contribution in [1.29, 1.82) is 0 Å². The van der Waals surface area contributed by atoms with Gasteiger partial charge < -0.3 is 24.6 Å². The zero-order valence-corrected chi connectivity index (χ0v) is 17.5. The maximum Gasteiger partial charge on any atom is 0.340 e. The first-order valence-corrected chi connectivity index (χ1v) is 10.1. The highest BCUT2D eigenvalue weighted by Gasteiger charge is 2.33. The summed E-state index contributed by atoms with van der Waals surface area (Å²) in [6, 6.07) is 7.10. The SMILES string of the molecule is CCOC(=O)c1c(C)[nH]c(C(=O)[C@@H](C)[NH+]2CCN(c3ccccc3O)CC2)c1C. The molecule has 2 aromatic rings. The van der Waals surface area contributed by atoms with E-state index in [-0.39, 0.29) is 17.6 Å². The fourth-order valence-corrected chi connectivity index (χ4v) is 4.11. The van der Waals surface area contributed by atoms with Gasteiger partial charge in [0, 0.05) is 5.69 Å². The Balaban J connectivity index is 1.70. The number of para-hydroxylation sites is 2. The number of nitrogens with one attached hydrogen (secondary N) is 2. The first kappa shape index (κ1) is 20.9. The first-order chi connectivity index (χ1) is 13.8. The zero-order chi connectivity index (χ0) is 21.1. The molecule has 1 aliphatic heterocycles. The van der Waals surface area contributed by atoms with E-state index in [1.165, 1.54) is 4.90 Å². The van der Waals surface area contributed by atoms with Crippen molar-refractivity contribution in [1.82, 2.24) is 4.98 Å². The van der Waals surface area contributed by atoms with E-state index in [0.717, 1.165) is 31.9 Å². The minimum atomic E-state index is -0.394. The van der Waals surface area contributed by atoms with Crippen molar-refractivity contribution in [3.63, 3.8) is 0 Å². The van der Waals surface area contributed by atoms with Gasteiger partial charge in [0.1, 0.15) is 5.75 Å². The number of aromatic amines is 1. The Bertz CT molecular complexity index is 897. The van der Waals surface area contributed by atoms with Crippen LogP contribution >= 0.6 is 0 Å². The molecule has 1 aliphatic rings. The van der Waals surface area contributed by atoms with E-state index in [1.54, 1.807) is 26.8 Å². The van der Waals surface area contributed by atoms with E-state index in [1.807, 2.05) is 25.1 Å². The third kappa shape index (κ3) is 4.15. The van der Waals surface area contributed by atoms with E-state index in [9.17, 15) is 14.7 Å². The molecule has 1 fully saturated rings. The number of aromatic hydroxyl groups is 1. The van der Waals surface area contributed by atoms with Gasteiger partial charge in [-0.1, -0.05) is 12.1 Å². The molecule has 3 rings (SSSR count). The molecule has 0 aliphatic carbocycles. The second kappa shape index (κ2) is 8.69. The van der Waals surface area contributed by atoms with Gasteiger partial charge in [0.25, 0.3) is 0 Å². The zero-order valence-electron chi connectivity index (χ0n) is 17.5. The molecule has 1 aromatic heterocycles. The van der Waals surface area contributed by atoms with Crippen molar-refractivity contribution in [2.75, 3.05) is 37.7 Å². The number of quaternary nitrogens is 1. The van der Waals surface area contributed by atoms with Gasteiger partial charge in [-0.05, 0) is 45.4 Å². The van der Waals surface area contributed by atoms with Gasteiger partial charge in [0.05, 0.1) is 49.7 Å². The summed E-state index contributed by atoms with van der Waals surface area (Å²) in [5.41, 5.74) is 3.11. The number of carbonyl (C=O) groups is 2. The Morgan fingerprint density at radius 1 is 1.24 bits per heavy atom. The number of rotatable bonds is 6. The number of piperazine rings is 1. The fourth-order valence-electron chi connectivity index (χ4n) is 4.11. The largest absolute Gasteiger partial charge is 0.506 e. The number of aromatic nitrogens is 1. The first-order valence-electron chi connectivity index (χ1n) is 10.1. The average Bonchev–Trinajstić information content (AvgIpc) is 3.01. The van der Waals surface area contributed by atoms with Crippen LogP contribution in [0.3, 0.4) is 0 Å². The Labute approximate surface area is 171 Å². The third-order valence-corrected chi connectivity index (χ3v) is 5.80. The molecule has 2 heterocycles. The van der Waals surface area contributed by atoms with Crippen molar-refractivity contribution in [3.05, 3.63) is 46.8 Å². The molecule has 1 saturated heterocycles. The van der Waals surface area contributed by atoms with E-state index < -0.39 is 5.97 Å². The number of ether oxygens (including phenoxy) is 1. The minimum Gasteiger partial charge on any atom is -0.506 e. The number of aryl methyl sites for hydroxylation is 1. The maximum absolute atomic E-state index is 13.2. The van der Waals surface area contributed by atoms with Crippen LogP contribution in [-0.2, 0) is 4.74 Å². The fraction of sp³-hybridized carbons (Fsp3) is 0.455. The standard InChI is InChI=1S/C22H29N3O4/c1-5-29-22(28)19-14(2)20(23-15(19)3)21(27)16(4)24-10-12-25(13-11-24)17-8-6-7-9-18(17)26/h6-9,16,23,26H,5,10-13H2,1-4H3/p+1/t16-/m1/s1. The number of anilines is 1. The summed E-state index contributed by atoms with van der Waals surface area (Å²) < 4.78 is 5.12. The molecular formula is C22H30N3O4+. The number of esters is 1. The topological polar surface area (TPSA) is 87.1 Å². The van der Waals surface area contributed by atoms with Crippen LogP contribution in [0.2, 0.25) is 0 Å². The van der Waals surface area contributed by atoms with E-state index >= 15 is 0 Å². The van der Waals surface area contributed by atoms with Crippen molar-refractivity contribution in [3.8, 4) is 5.75 Å². The van der Waals surface area contributed by atoms with Crippen molar-refractivity contribution in [2.24, 2.45) is 0 Å². The van der Waals surface area contributed by atoms with Gasteiger partial charge in [-0.25, -0.2) is 4.79 Å². The van der Waals surface area contributed by atoms with Gasteiger partial charge >= 0.3 is 5.97 Å². The predicted octanol–water partition coefficient (Wildman–Crippen LogP) is 1.49. The number of ketones is 1.